The fourth-order valence-corrected chi connectivity index (χ4v) is 2.42. The Kier molecular flexibility index (Phi) is 2.30. The topological polar surface area (TPSA) is 27.1 Å². The van der Waals surface area contributed by atoms with Gasteiger partial charge in [0.2, 0.25) is 0 Å². The summed E-state index contributed by atoms with van der Waals surface area (Å²) in [5, 5.41) is 1.20. The van der Waals surface area contributed by atoms with Gasteiger partial charge in [0.05, 0.1) is 18.3 Å². The summed E-state index contributed by atoms with van der Waals surface area (Å²) in [7, 11) is 3.74. The molecule has 0 bridgehead atoms. The predicted molar refractivity (Wildman–Crippen MR) is 73.4 cm³/mol. The molecule has 2 heterocycles. The van der Waals surface area contributed by atoms with Gasteiger partial charge in [0.15, 0.2) is 0 Å². The van der Waals surface area contributed by atoms with Crippen molar-refractivity contribution in [2.45, 2.75) is 13.8 Å². The number of methoxy groups -OCH3 is 1. The average molecular weight is 240 g/mol. The van der Waals surface area contributed by atoms with Crippen LogP contribution in [0.2, 0.25) is 0 Å². The van der Waals surface area contributed by atoms with E-state index < -0.39 is 0 Å². The molecule has 0 amide bonds. The second-order valence-electron chi connectivity index (χ2n) is 4.73. The van der Waals surface area contributed by atoms with Gasteiger partial charge in [-0.1, -0.05) is 0 Å². The van der Waals surface area contributed by atoms with Crippen LogP contribution in [0.4, 0.5) is 0 Å². The van der Waals surface area contributed by atoms with Crippen LogP contribution in [-0.4, -0.2) is 16.7 Å². The third-order valence-corrected chi connectivity index (χ3v) is 3.63. The van der Waals surface area contributed by atoms with Crippen molar-refractivity contribution in [3.8, 4) is 17.0 Å². The maximum Gasteiger partial charge on any atom is 0.123 e. The molecule has 2 aliphatic heterocycles. The second-order valence-corrected chi connectivity index (χ2v) is 4.73. The molecule has 3 rings (SSSR count). The first-order valence-corrected chi connectivity index (χ1v) is 6.02. The monoisotopic (exact) mass is 240 g/mol. The molecule has 0 atom stereocenters. The lowest BCUT2D eigenvalue weighted by molar-refractivity contribution is 0.412. The van der Waals surface area contributed by atoms with Crippen LogP contribution < -0.4 is 4.74 Å². The molecule has 0 spiro atoms. The van der Waals surface area contributed by atoms with Gasteiger partial charge in [-0.2, -0.15) is 0 Å². The van der Waals surface area contributed by atoms with Crippen LogP contribution in [0.15, 0.2) is 24.4 Å². The predicted octanol–water partition coefficient (Wildman–Crippen LogP) is 3.30. The summed E-state index contributed by atoms with van der Waals surface area (Å²) < 4.78 is 7.45. The summed E-state index contributed by atoms with van der Waals surface area (Å²) in [4.78, 5) is 4.72. The van der Waals surface area contributed by atoms with E-state index in [0.29, 0.717) is 0 Å². The maximum absolute atomic E-state index is 5.36. The van der Waals surface area contributed by atoms with Crippen LogP contribution in [0.5, 0.6) is 5.75 Å². The number of aromatic nitrogens is 2. The SMILES string of the molecule is COc1cc2nc3c(C)n(C)ccc-3c2cc1C. The van der Waals surface area contributed by atoms with Crippen LogP contribution in [0, 0.1) is 13.8 Å². The fraction of sp³-hybridized carbons (Fsp3) is 0.267. The standard InChI is InChI=1S/C15H16N2O/c1-9-7-12-11-5-6-17(3)10(2)15(11)16-13(12)8-14(9)18-4/h5-8H,1-4H3. The van der Waals surface area contributed by atoms with E-state index in [2.05, 4.69) is 36.7 Å². The van der Waals surface area contributed by atoms with E-state index in [1.165, 1.54) is 16.6 Å². The molecular weight excluding hydrogens is 224 g/mol. The Labute approximate surface area is 106 Å². The highest BCUT2D eigenvalue weighted by atomic mass is 16.5. The van der Waals surface area contributed by atoms with Gasteiger partial charge in [-0.15, -0.1) is 0 Å². The van der Waals surface area contributed by atoms with E-state index in [1.54, 1.807) is 7.11 Å². The molecule has 1 aromatic rings. The van der Waals surface area contributed by atoms with Crippen LogP contribution in [0.25, 0.3) is 22.2 Å². The first kappa shape index (κ1) is 11.1. The molecule has 0 saturated carbocycles. The molecule has 0 aliphatic carbocycles. The van der Waals surface area contributed by atoms with Crippen molar-refractivity contribution in [3.05, 3.63) is 35.7 Å². The highest BCUT2D eigenvalue weighted by Gasteiger charge is 2.16. The number of nitrogens with zero attached hydrogens (tertiary/aromatic N) is 2. The summed E-state index contributed by atoms with van der Waals surface area (Å²) in [5.41, 5.74) is 5.61. The van der Waals surface area contributed by atoms with E-state index in [1.807, 2.05) is 13.1 Å². The number of aryl methyl sites for hydroxylation is 2. The lowest BCUT2D eigenvalue weighted by Gasteiger charge is -2.08. The lowest BCUT2D eigenvalue weighted by atomic mass is 10.1. The molecule has 0 fully saturated rings. The smallest absolute Gasteiger partial charge is 0.123 e. The maximum atomic E-state index is 5.36. The number of pyridine rings is 1. The Morgan fingerprint density at radius 2 is 2.00 bits per heavy atom. The summed E-state index contributed by atoms with van der Waals surface area (Å²) >= 11 is 0. The molecule has 1 aromatic carbocycles. The molecule has 3 heteroatoms. The number of benzene rings is 1. The van der Waals surface area contributed by atoms with Crippen molar-refractivity contribution >= 4 is 10.9 Å². The molecule has 0 N–H and O–H groups in total. The minimum absolute atomic E-state index is 0.896. The van der Waals surface area contributed by atoms with Crippen LogP contribution in [0.1, 0.15) is 11.3 Å². The third-order valence-electron chi connectivity index (χ3n) is 3.63. The zero-order valence-electron chi connectivity index (χ0n) is 11.1. The summed E-state index contributed by atoms with van der Waals surface area (Å²) in [6.45, 7) is 4.16. The normalized spacial score (nSPS) is 11.3. The first-order chi connectivity index (χ1) is 8.61. The Morgan fingerprint density at radius 3 is 2.72 bits per heavy atom. The third kappa shape index (κ3) is 1.40. The number of ether oxygens (including phenoxy) is 1. The number of hydrogen-bond donors (Lipinski definition) is 0. The molecule has 18 heavy (non-hydrogen) atoms. The van der Waals surface area contributed by atoms with Crippen molar-refractivity contribution in [1.82, 2.24) is 9.55 Å². The van der Waals surface area contributed by atoms with Gasteiger partial charge < -0.3 is 9.30 Å². The van der Waals surface area contributed by atoms with Gasteiger partial charge >= 0.3 is 0 Å². The van der Waals surface area contributed by atoms with Gasteiger partial charge in [0.25, 0.3) is 0 Å². The number of fused-ring (bicyclic) bond motifs is 3. The zero-order valence-corrected chi connectivity index (χ0v) is 11.1. The average Bonchev–Trinajstić information content (AvgIpc) is 2.71. The van der Waals surface area contributed by atoms with Gasteiger partial charge in [-0.3, -0.25) is 0 Å². The van der Waals surface area contributed by atoms with E-state index in [9.17, 15) is 0 Å². The first-order valence-electron chi connectivity index (χ1n) is 6.02. The summed E-state index contributed by atoms with van der Waals surface area (Å²) in [6.07, 6.45) is 2.08. The van der Waals surface area contributed by atoms with Crippen molar-refractivity contribution in [1.29, 1.82) is 0 Å². The minimum Gasteiger partial charge on any atom is -0.496 e. The van der Waals surface area contributed by atoms with E-state index >= 15 is 0 Å². The lowest BCUT2D eigenvalue weighted by Crippen LogP contribution is -1.98. The molecule has 0 radical (unpaired) electrons. The fourth-order valence-electron chi connectivity index (χ4n) is 2.42. The highest BCUT2D eigenvalue weighted by molar-refractivity contribution is 5.99. The summed E-state index contributed by atoms with van der Waals surface area (Å²) in [5.74, 6) is 0.896. The molecule has 2 aliphatic rings. The molecule has 3 nitrogen and oxygen atoms in total. The molecule has 0 aromatic heterocycles. The highest BCUT2D eigenvalue weighted by Crippen LogP contribution is 2.36. The van der Waals surface area contributed by atoms with Crippen molar-refractivity contribution in [2.24, 2.45) is 7.05 Å². The van der Waals surface area contributed by atoms with Crippen LogP contribution >= 0.6 is 0 Å². The molecule has 0 saturated heterocycles. The number of hydrogen-bond acceptors (Lipinski definition) is 2. The van der Waals surface area contributed by atoms with Gasteiger partial charge in [-0.05, 0) is 31.5 Å². The Bertz CT molecular complexity index is 712. The van der Waals surface area contributed by atoms with Crippen LogP contribution in [0.3, 0.4) is 0 Å². The Hall–Kier alpha value is -2.03. The zero-order chi connectivity index (χ0) is 12.9. The minimum atomic E-state index is 0.896. The van der Waals surface area contributed by atoms with Gasteiger partial charge in [0, 0.05) is 36.0 Å². The van der Waals surface area contributed by atoms with Crippen molar-refractivity contribution in [3.63, 3.8) is 0 Å². The molecular formula is C15H16N2O. The van der Waals surface area contributed by atoms with E-state index in [0.717, 1.165) is 22.5 Å². The van der Waals surface area contributed by atoms with Gasteiger partial charge in [-0.25, -0.2) is 4.98 Å². The number of rotatable bonds is 1. The summed E-state index contributed by atoms with van der Waals surface area (Å²) in [6, 6.07) is 6.30. The Morgan fingerprint density at radius 1 is 1.22 bits per heavy atom. The van der Waals surface area contributed by atoms with E-state index in [4.69, 9.17) is 9.72 Å². The molecule has 92 valence electrons. The van der Waals surface area contributed by atoms with Crippen LogP contribution in [-0.2, 0) is 7.05 Å². The largest absolute Gasteiger partial charge is 0.496 e. The second kappa shape index (κ2) is 3.73. The van der Waals surface area contributed by atoms with Crippen molar-refractivity contribution < 1.29 is 4.74 Å². The quantitative estimate of drug-likeness (QED) is 0.652. The molecule has 0 unspecified atom stereocenters. The Balaban J connectivity index is 2.42. The van der Waals surface area contributed by atoms with E-state index in [-0.39, 0.29) is 0 Å². The van der Waals surface area contributed by atoms with Gasteiger partial charge in [0.1, 0.15) is 5.75 Å². The van der Waals surface area contributed by atoms with Crippen molar-refractivity contribution in [2.75, 3.05) is 7.11 Å².